The summed E-state index contributed by atoms with van der Waals surface area (Å²) in [7, 11) is 0. The van der Waals surface area contributed by atoms with E-state index >= 15 is 0 Å². The van der Waals surface area contributed by atoms with Gasteiger partial charge in [0.1, 0.15) is 0 Å². The van der Waals surface area contributed by atoms with Gasteiger partial charge in [-0.2, -0.15) is 0 Å². The zero-order valence-corrected chi connectivity index (χ0v) is 7.52. The van der Waals surface area contributed by atoms with Crippen molar-refractivity contribution >= 4 is 0 Å². The topological polar surface area (TPSA) is 18.5 Å². The molecule has 0 fully saturated rings. The van der Waals surface area contributed by atoms with Crippen molar-refractivity contribution in [3.8, 4) is 0 Å². The van der Waals surface area contributed by atoms with Gasteiger partial charge < -0.3 is 9.47 Å². The normalized spacial score (nSPS) is 8.64. The van der Waals surface area contributed by atoms with Crippen molar-refractivity contribution in [3.63, 3.8) is 0 Å². The second kappa shape index (κ2) is 5.83. The third kappa shape index (κ3) is 3.71. The van der Waals surface area contributed by atoms with Gasteiger partial charge in [0.05, 0.1) is 13.2 Å². The van der Waals surface area contributed by atoms with Gasteiger partial charge in [-0.15, -0.1) is 0 Å². The first kappa shape index (κ1) is 10.1. The van der Waals surface area contributed by atoms with Gasteiger partial charge in [0, 0.05) is 5.57 Å². The van der Waals surface area contributed by atoms with Gasteiger partial charge in [-0.3, -0.25) is 0 Å². The summed E-state index contributed by atoms with van der Waals surface area (Å²) in [6, 6.07) is 0. The smallest absolute Gasteiger partial charge is 0.282 e. The monoisotopic (exact) mass is 156 g/mol. The molecule has 2 nitrogen and oxygen atoms in total. The molecule has 0 amide bonds. The molecule has 0 saturated heterocycles. The largest absolute Gasteiger partial charge is 0.466 e. The molecule has 0 radical (unpaired) electrons. The first-order chi connectivity index (χ1) is 5.26. The maximum Gasteiger partial charge on any atom is 0.282 e. The molecule has 0 atom stereocenters. The summed E-state index contributed by atoms with van der Waals surface area (Å²) >= 11 is 0. The van der Waals surface area contributed by atoms with Crippen LogP contribution < -0.4 is 0 Å². The van der Waals surface area contributed by atoms with Crippen molar-refractivity contribution in [2.45, 2.75) is 20.8 Å². The molecule has 2 heteroatoms. The molecule has 0 heterocycles. The zero-order chi connectivity index (χ0) is 8.69. The van der Waals surface area contributed by atoms with Gasteiger partial charge in [0.2, 0.25) is 0 Å². The Morgan fingerprint density at radius 3 is 2.00 bits per heavy atom. The number of allylic oxidation sites excluding steroid dienone is 2. The Morgan fingerprint density at radius 2 is 1.73 bits per heavy atom. The van der Waals surface area contributed by atoms with Crippen LogP contribution in [0, 0.1) is 0 Å². The van der Waals surface area contributed by atoms with Crippen molar-refractivity contribution in [3.05, 3.63) is 24.2 Å². The van der Waals surface area contributed by atoms with Crippen molar-refractivity contribution in [1.82, 2.24) is 0 Å². The molecule has 0 bridgehead atoms. The highest BCUT2D eigenvalue weighted by Crippen LogP contribution is 2.07. The molecule has 0 aliphatic rings. The fraction of sp³-hybridized carbons (Fsp3) is 0.556. The molecular weight excluding hydrogens is 140 g/mol. The van der Waals surface area contributed by atoms with Crippen molar-refractivity contribution in [2.75, 3.05) is 13.2 Å². The van der Waals surface area contributed by atoms with Crippen LogP contribution in [0.1, 0.15) is 20.8 Å². The Hall–Kier alpha value is -0.920. The van der Waals surface area contributed by atoms with Gasteiger partial charge in [-0.25, -0.2) is 0 Å². The van der Waals surface area contributed by atoms with Crippen LogP contribution in [0.2, 0.25) is 0 Å². The molecule has 0 spiro atoms. The van der Waals surface area contributed by atoms with Crippen LogP contribution in [0.25, 0.3) is 0 Å². The summed E-state index contributed by atoms with van der Waals surface area (Å²) < 4.78 is 10.4. The molecule has 0 rings (SSSR count). The van der Waals surface area contributed by atoms with Gasteiger partial charge in [0.15, 0.2) is 0 Å². The summed E-state index contributed by atoms with van der Waals surface area (Å²) in [5.74, 6) is 0.588. The maximum absolute atomic E-state index is 5.22. The minimum atomic E-state index is 0.588. The van der Waals surface area contributed by atoms with Crippen LogP contribution in [0.3, 0.4) is 0 Å². The first-order valence-electron chi connectivity index (χ1n) is 3.85. The van der Waals surface area contributed by atoms with E-state index in [1.165, 1.54) is 0 Å². The SMILES string of the molecule is C=CC(C)=C(OCC)OCC. The van der Waals surface area contributed by atoms with Crippen molar-refractivity contribution in [2.24, 2.45) is 0 Å². The number of ether oxygens (including phenoxy) is 2. The summed E-state index contributed by atoms with van der Waals surface area (Å²) in [6.45, 7) is 10.6. The maximum atomic E-state index is 5.22. The van der Waals surface area contributed by atoms with E-state index in [-0.39, 0.29) is 0 Å². The van der Waals surface area contributed by atoms with E-state index < -0.39 is 0 Å². The number of rotatable bonds is 5. The molecule has 0 aliphatic carbocycles. The third-order valence-corrected chi connectivity index (χ3v) is 1.18. The van der Waals surface area contributed by atoms with Crippen LogP contribution >= 0.6 is 0 Å². The van der Waals surface area contributed by atoms with Crippen LogP contribution in [-0.2, 0) is 9.47 Å². The van der Waals surface area contributed by atoms with E-state index in [1.807, 2.05) is 20.8 Å². The highest BCUT2D eigenvalue weighted by molar-refractivity contribution is 5.13. The molecule has 11 heavy (non-hydrogen) atoms. The Balaban J connectivity index is 4.16. The Bertz CT molecular complexity index is 140. The summed E-state index contributed by atoms with van der Waals surface area (Å²) in [5.41, 5.74) is 0.939. The van der Waals surface area contributed by atoms with Gasteiger partial charge in [-0.1, -0.05) is 12.7 Å². The highest BCUT2D eigenvalue weighted by atomic mass is 16.7. The number of hydrogen-bond donors (Lipinski definition) is 0. The number of hydrogen-bond acceptors (Lipinski definition) is 2. The van der Waals surface area contributed by atoms with E-state index in [0.29, 0.717) is 19.2 Å². The minimum Gasteiger partial charge on any atom is -0.466 e. The molecule has 0 N–H and O–H groups in total. The molecule has 0 saturated carbocycles. The summed E-state index contributed by atoms with van der Waals surface area (Å²) in [4.78, 5) is 0. The van der Waals surface area contributed by atoms with E-state index in [0.717, 1.165) is 5.57 Å². The Kier molecular flexibility index (Phi) is 5.35. The third-order valence-electron chi connectivity index (χ3n) is 1.18. The standard InChI is InChI=1S/C9H16O2/c1-5-8(4)9(10-6-2)11-7-3/h5H,1,6-7H2,2-4H3. The average Bonchev–Trinajstić information content (AvgIpc) is 2.03. The van der Waals surface area contributed by atoms with E-state index in [2.05, 4.69) is 6.58 Å². The quantitative estimate of drug-likeness (QED) is 0.449. The van der Waals surface area contributed by atoms with Gasteiger partial charge >= 0.3 is 0 Å². The van der Waals surface area contributed by atoms with Crippen LogP contribution in [-0.4, -0.2) is 13.2 Å². The summed E-state index contributed by atoms with van der Waals surface area (Å²) in [5, 5.41) is 0. The predicted octanol–water partition coefficient (Wildman–Crippen LogP) is 2.48. The van der Waals surface area contributed by atoms with Gasteiger partial charge in [-0.05, 0) is 20.8 Å². The Morgan fingerprint density at radius 1 is 1.27 bits per heavy atom. The molecule has 0 unspecified atom stereocenters. The van der Waals surface area contributed by atoms with Gasteiger partial charge in [0.25, 0.3) is 5.95 Å². The second-order valence-corrected chi connectivity index (χ2v) is 2.04. The highest BCUT2D eigenvalue weighted by Gasteiger charge is 1.99. The lowest BCUT2D eigenvalue weighted by molar-refractivity contribution is 0.0438. The molecule has 0 aliphatic heterocycles. The lowest BCUT2D eigenvalue weighted by Gasteiger charge is -2.10. The molecule has 0 aromatic heterocycles. The van der Waals surface area contributed by atoms with E-state index in [9.17, 15) is 0 Å². The fourth-order valence-corrected chi connectivity index (χ4v) is 0.615. The van der Waals surface area contributed by atoms with E-state index in [4.69, 9.17) is 9.47 Å². The van der Waals surface area contributed by atoms with Crippen LogP contribution in [0.4, 0.5) is 0 Å². The minimum absolute atomic E-state index is 0.588. The molecular formula is C9H16O2. The molecule has 64 valence electrons. The van der Waals surface area contributed by atoms with E-state index in [1.54, 1.807) is 6.08 Å². The average molecular weight is 156 g/mol. The van der Waals surface area contributed by atoms with Crippen molar-refractivity contribution in [1.29, 1.82) is 0 Å². The second-order valence-electron chi connectivity index (χ2n) is 2.04. The lowest BCUT2D eigenvalue weighted by atomic mass is 10.3. The van der Waals surface area contributed by atoms with Crippen LogP contribution in [0.15, 0.2) is 24.2 Å². The van der Waals surface area contributed by atoms with Crippen LogP contribution in [0.5, 0.6) is 0 Å². The van der Waals surface area contributed by atoms with Crippen molar-refractivity contribution < 1.29 is 9.47 Å². The predicted molar refractivity (Wildman–Crippen MR) is 46.1 cm³/mol. The Labute approximate surface area is 68.5 Å². The lowest BCUT2D eigenvalue weighted by Crippen LogP contribution is -1.99. The fourth-order valence-electron chi connectivity index (χ4n) is 0.615. The molecule has 0 aromatic carbocycles. The molecule has 0 aromatic rings. The first-order valence-corrected chi connectivity index (χ1v) is 3.85. The summed E-state index contributed by atoms with van der Waals surface area (Å²) in [6.07, 6.45) is 1.72. The zero-order valence-electron chi connectivity index (χ0n) is 7.52.